The largest absolute Gasteiger partial charge is 0.458 e. The van der Waals surface area contributed by atoms with Crippen molar-refractivity contribution in [3.05, 3.63) is 52.3 Å². The molecule has 1 fully saturated rings. The number of likely N-dealkylation sites (tertiary alicyclic amines) is 1. The van der Waals surface area contributed by atoms with E-state index in [1.54, 1.807) is 0 Å². The number of nitrogens with zero attached hydrogens (tertiary/aromatic N) is 3. The molecule has 1 aromatic heterocycles. The molecule has 0 bridgehead atoms. The van der Waals surface area contributed by atoms with Crippen molar-refractivity contribution in [3.63, 3.8) is 0 Å². The zero-order valence-electron chi connectivity index (χ0n) is 15.1. The summed E-state index contributed by atoms with van der Waals surface area (Å²) in [4.78, 5) is 21.6. The average Bonchev–Trinajstić information content (AvgIpc) is 2.68. The number of carbonyl (C=O) groups excluding carboxylic acids is 1. The minimum atomic E-state index is -5.03. The molecule has 0 aliphatic carbocycles. The first-order chi connectivity index (χ1) is 13.9. The van der Waals surface area contributed by atoms with Crippen LogP contribution in [0.2, 0.25) is 5.02 Å². The number of alkyl halides is 6. The van der Waals surface area contributed by atoms with E-state index in [2.05, 4.69) is 9.97 Å². The molecule has 1 unspecified atom stereocenters. The van der Waals surface area contributed by atoms with Crippen molar-refractivity contribution in [1.82, 2.24) is 14.9 Å². The minimum absolute atomic E-state index is 0.00266. The van der Waals surface area contributed by atoms with E-state index < -0.39 is 41.1 Å². The fraction of sp³-hybridized carbons (Fsp3) is 0.389. The number of amides is 1. The summed E-state index contributed by atoms with van der Waals surface area (Å²) in [5.74, 6) is -0.947. The van der Waals surface area contributed by atoms with Crippen molar-refractivity contribution < 1.29 is 35.9 Å². The van der Waals surface area contributed by atoms with E-state index in [4.69, 9.17) is 16.3 Å². The van der Waals surface area contributed by atoms with Crippen LogP contribution in [-0.4, -0.2) is 40.0 Å². The van der Waals surface area contributed by atoms with Gasteiger partial charge in [-0.1, -0.05) is 11.6 Å². The van der Waals surface area contributed by atoms with Gasteiger partial charge >= 0.3 is 18.4 Å². The Bertz CT molecular complexity index is 885. The molecule has 30 heavy (non-hydrogen) atoms. The molecule has 162 valence electrons. The van der Waals surface area contributed by atoms with Gasteiger partial charge in [0.05, 0.1) is 35.1 Å². The third kappa shape index (κ3) is 5.32. The Hall–Kier alpha value is -2.56. The van der Waals surface area contributed by atoms with Crippen LogP contribution >= 0.6 is 11.6 Å². The average molecular weight is 454 g/mol. The minimum Gasteiger partial charge on any atom is -0.458 e. The third-order valence-corrected chi connectivity index (χ3v) is 4.56. The summed E-state index contributed by atoms with van der Waals surface area (Å²) < 4.78 is 83.8. The molecule has 2 aromatic rings. The molecule has 1 aliphatic rings. The smallest absolute Gasteiger partial charge is 0.416 e. The predicted octanol–water partition coefficient (Wildman–Crippen LogP) is 4.85. The van der Waals surface area contributed by atoms with Crippen molar-refractivity contribution in [2.45, 2.75) is 31.3 Å². The van der Waals surface area contributed by atoms with Crippen LogP contribution in [0.4, 0.5) is 26.3 Å². The van der Waals surface area contributed by atoms with Crippen LogP contribution in [-0.2, 0) is 12.4 Å². The van der Waals surface area contributed by atoms with Crippen LogP contribution in [0.15, 0.2) is 30.6 Å². The number of rotatable bonds is 3. The summed E-state index contributed by atoms with van der Waals surface area (Å²) >= 11 is 5.68. The van der Waals surface area contributed by atoms with Crippen LogP contribution in [0.3, 0.4) is 0 Å². The Morgan fingerprint density at radius 1 is 1.03 bits per heavy atom. The summed E-state index contributed by atoms with van der Waals surface area (Å²) in [5, 5.41) is 0.285. The van der Waals surface area contributed by atoms with Gasteiger partial charge in [0, 0.05) is 12.1 Å². The van der Waals surface area contributed by atoms with Crippen molar-refractivity contribution in [3.8, 4) is 6.01 Å². The molecule has 1 atom stereocenters. The predicted molar refractivity (Wildman–Crippen MR) is 93.0 cm³/mol. The lowest BCUT2D eigenvalue weighted by Gasteiger charge is -2.32. The van der Waals surface area contributed by atoms with Gasteiger partial charge in [-0.25, -0.2) is 9.97 Å². The van der Waals surface area contributed by atoms with Gasteiger partial charge in [-0.3, -0.25) is 4.79 Å². The topological polar surface area (TPSA) is 55.3 Å². The van der Waals surface area contributed by atoms with Crippen LogP contribution < -0.4 is 4.74 Å². The highest BCUT2D eigenvalue weighted by Gasteiger charge is 2.38. The molecular weight excluding hydrogens is 440 g/mol. The zero-order valence-corrected chi connectivity index (χ0v) is 15.9. The molecule has 1 saturated heterocycles. The molecular formula is C18H14ClF6N3O2. The van der Waals surface area contributed by atoms with E-state index in [-0.39, 0.29) is 30.2 Å². The molecule has 0 radical (unpaired) electrons. The maximum Gasteiger partial charge on any atom is 0.416 e. The van der Waals surface area contributed by atoms with Crippen LogP contribution in [0.1, 0.15) is 34.3 Å². The van der Waals surface area contributed by atoms with Gasteiger partial charge in [-0.05, 0) is 31.0 Å². The number of hydrogen-bond acceptors (Lipinski definition) is 4. The van der Waals surface area contributed by atoms with Gasteiger partial charge in [0.2, 0.25) is 0 Å². The fourth-order valence-electron chi connectivity index (χ4n) is 2.99. The second kappa shape index (κ2) is 8.29. The van der Waals surface area contributed by atoms with Crippen molar-refractivity contribution >= 4 is 17.5 Å². The molecule has 12 heteroatoms. The Morgan fingerprint density at radius 3 is 2.13 bits per heavy atom. The van der Waals surface area contributed by atoms with E-state index in [9.17, 15) is 31.1 Å². The first kappa shape index (κ1) is 22.1. The molecule has 1 aliphatic heterocycles. The highest BCUT2D eigenvalue weighted by atomic mass is 35.5. The first-order valence-electron chi connectivity index (χ1n) is 8.66. The SMILES string of the molecule is O=C(c1cc(C(F)(F)F)cc(C(F)(F)F)c1)N1CCCC(Oc2ncc(Cl)cn2)C1. The Kier molecular flexibility index (Phi) is 6.11. The number of benzene rings is 1. The quantitative estimate of drug-likeness (QED) is 0.623. The van der Waals surface area contributed by atoms with Crippen LogP contribution in [0.25, 0.3) is 0 Å². The standard InChI is InChI=1S/C18H14ClF6N3O2/c19-13-7-26-16(27-8-13)30-14-2-1-3-28(9-14)15(29)10-4-11(17(20,21)22)6-12(5-10)18(23,24)25/h4-8,14H,1-3,9H2. The zero-order chi connectivity index (χ0) is 22.1. The van der Waals surface area contributed by atoms with Gasteiger partial charge in [0.1, 0.15) is 6.10 Å². The Labute approximate surface area is 171 Å². The molecule has 1 aromatic carbocycles. The molecule has 2 heterocycles. The highest BCUT2D eigenvalue weighted by Crippen LogP contribution is 2.36. The molecule has 3 rings (SSSR count). The molecule has 5 nitrogen and oxygen atoms in total. The third-order valence-electron chi connectivity index (χ3n) is 4.37. The lowest BCUT2D eigenvalue weighted by molar-refractivity contribution is -0.143. The van der Waals surface area contributed by atoms with E-state index in [1.807, 2.05) is 0 Å². The summed E-state index contributed by atoms with van der Waals surface area (Å²) in [6, 6.07) is 0.822. The van der Waals surface area contributed by atoms with E-state index in [0.29, 0.717) is 25.0 Å². The number of ether oxygens (including phenoxy) is 1. The lowest BCUT2D eigenvalue weighted by atomic mass is 10.0. The second-order valence-corrected chi connectivity index (χ2v) is 7.05. The van der Waals surface area contributed by atoms with Crippen molar-refractivity contribution in [2.75, 3.05) is 13.1 Å². The number of hydrogen-bond donors (Lipinski definition) is 0. The van der Waals surface area contributed by atoms with E-state index in [1.165, 1.54) is 12.4 Å². The van der Waals surface area contributed by atoms with Crippen LogP contribution in [0.5, 0.6) is 6.01 Å². The highest BCUT2D eigenvalue weighted by molar-refractivity contribution is 6.30. The first-order valence-corrected chi connectivity index (χ1v) is 9.04. The van der Waals surface area contributed by atoms with Gasteiger partial charge in [-0.2, -0.15) is 26.3 Å². The number of aromatic nitrogens is 2. The summed E-state index contributed by atoms with van der Waals surface area (Å²) in [6.45, 7) is 0.125. The molecule has 1 amide bonds. The van der Waals surface area contributed by atoms with Gasteiger partial charge in [0.15, 0.2) is 0 Å². The Balaban J connectivity index is 1.82. The van der Waals surface area contributed by atoms with Gasteiger partial charge in [0.25, 0.3) is 5.91 Å². The lowest BCUT2D eigenvalue weighted by Crippen LogP contribution is -2.44. The second-order valence-electron chi connectivity index (χ2n) is 6.61. The number of halogens is 7. The van der Waals surface area contributed by atoms with Crippen LogP contribution in [0, 0.1) is 0 Å². The number of carbonyl (C=O) groups is 1. The fourth-order valence-corrected chi connectivity index (χ4v) is 3.09. The van der Waals surface area contributed by atoms with Gasteiger partial charge < -0.3 is 9.64 Å². The molecule has 0 spiro atoms. The maximum absolute atomic E-state index is 13.0. The summed E-state index contributed by atoms with van der Waals surface area (Å²) in [7, 11) is 0. The Morgan fingerprint density at radius 2 is 1.60 bits per heavy atom. The number of piperidine rings is 1. The summed E-state index contributed by atoms with van der Waals surface area (Å²) in [5.41, 5.74) is -3.78. The van der Waals surface area contributed by atoms with Crippen molar-refractivity contribution in [1.29, 1.82) is 0 Å². The molecule has 0 saturated carbocycles. The molecule has 0 N–H and O–H groups in total. The normalized spacial score (nSPS) is 17.7. The monoisotopic (exact) mass is 453 g/mol. The van der Waals surface area contributed by atoms with E-state index >= 15 is 0 Å². The summed E-state index contributed by atoms with van der Waals surface area (Å²) in [6.07, 6.45) is -7.09. The maximum atomic E-state index is 13.0. The van der Waals surface area contributed by atoms with Gasteiger partial charge in [-0.15, -0.1) is 0 Å². The van der Waals surface area contributed by atoms with Crippen molar-refractivity contribution in [2.24, 2.45) is 0 Å². The van der Waals surface area contributed by atoms with E-state index in [0.717, 1.165) is 4.90 Å².